The molecule has 0 bridgehead atoms. The molecule has 6 nitrogen and oxygen atoms in total. The van der Waals surface area contributed by atoms with Crippen LogP contribution < -0.4 is 5.32 Å². The number of rotatable bonds is 8. The van der Waals surface area contributed by atoms with Crippen LogP contribution in [-0.2, 0) is 14.3 Å². The molecule has 0 saturated carbocycles. The highest BCUT2D eigenvalue weighted by atomic mass is 16.5. The molecule has 0 aliphatic carbocycles. The van der Waals surface area contributed by atoms with Crippen molar-refractivity contribution >= 4 is 11.9 Å². The Kier molecular flexibility index (Phi) is 7.43. The summed E-state index contributed by atoms with van der Waals surface area (Å²) in [6.45, 7) is 3.94. The summed E-state index contributed by atoms with van der Waals surface area (Å²) in [4.78, 5) is 24.8. The van der Waals surface area contributed by atoms with Gasteiger partial charge in [-0.3, -0.25) is 14.5 Å². The Morgan fingerprint density at radius 2 is 2.26 bits per heavy atom. The fraction of sp³-hybridized carbons (Fsp3) is 0.846. The molecule has 1 unspecified atom stereocenters. The van der Waals surface area contributed by atoms with Gasteiger partial charge in [-0.15, -0.1) is 0 Å². The van der Waals surface area contributed by atoms with Gasteiger partial charge < -0.3 is 15.2 Å². The molecule has 0 radical (unpaired) electrons. The number of nitrogens with one attached hydrogen (secondary N) is 1. The summed E-state index contributed by atoms with van der Waals surface area (Å²) in [6.07, 6.45) is 2.90. The van der Waals surface area contributed by atoms with Crippen LogP contribution in [0.25, 0.3) is 0 Å². The van der Waals surface area contributed by atoms with Gasteiger partial charge >= 0.3 is 5.97 Å². The van der Waals surface area contributed by atoms with Crippen LogP contribution in [0.5, 0.6) is 0 Å². The summed E-state index contributed by atoms with van der Waals surface area (Å²) in [6, 6.07) is 0.116. The Bertz CT molecular complexity index is 296. The molecule has 19 heavy (non-hydrogen) atoms. The van der Waals surface area contributed by atoms with Crippen molar-refractivity contribution in [3.8, 4) is 0 Å². The molecule has 1 saturated heterocycles. The molecule has 1 rings (SSSR count). The zero-order valence-electron chi connectivity index (χ0n) is 11.6. The first-order chi connectivity index (χ1) is 9.17. The molecule has 1 amide bonds. The lowest BCUT2D eigenvalue weighted by Gasteiger charge is -2.21. The van der Waals surface area contributed by atoms with Crippen molar-refractivity contribution in [2.24, 2.45) is 0 Å². The minimum atomic E-state index is -0.225. The molecule has 1 fully saturated rings. The zero-order chi connectivity index (χ0) is 14.1. The van der Waals surface area contributed by atoms with Gasteiger partial charge in [0.15, 0.2) is 0 Å². The van der Waals surface area contributed by atoms with E-state index in [0.717, 1.165) is 19.4 Å². The second-order valence-corrected chi connectivity index (χ2v) is 4.71. The van der Waals surface area contributed by atoms with Crippen LogP contribution in [0.4, 0.5) is 0 Å². The van der Waals surface area contributed by atoms with Gasteiger partial charge in [0.25, 0.3) is 0 Å². The second-order valence-electron chi connectivity index (χ2n) is 4.71. The maximum absolute atomic E-state index is 11.7. The molecule has 1 aliphatic rings. The van der Waals surface area contributed by atoms with Crippen molar-refractivity contribution in [1.29, 1.82) is 0 Å². The number of carbonyl (C=O) groups is 2. The third kappa shape index (κ3) is 6.02. The number of ether oxygens (including phenoxy) is 1. The Morgan fingerprint density at radius 1 is 1.47 bits per heavy atom. The number of likely N-dealkylation sites (tertiary alicyclic amines) is 1. The highest BCUT2D eigenvalue weighted by Crippen LogP contribution is 2.15. The molecule has 0 spiro atoms. The number of hydrogen-bond acceptors (Lipinski definition) is 5. The van der Waals surface area contributed by atoms with Crippen molar-refractivity contribution in [1.82, 2.24) is 10.2 Å². The van der Waals surface area contributed by atoms with Crippen LogP contribution in [0.15, 0.2) is 0 Å². The van der Waals surface area contributed by atoms with Crippen molar-refractivity contribution in [2.75, 3.05) is 32.8 Å². The van der Waals surface area contributed by atoms with E-state index >= 15 is 0 Å². The van der Waals surface area contributed by atoms with Crippen LogP contribution >= 0.6 is 0 Å². The van der Waals surface area contributed by atoms with E-state index in [1.54, 1.807) is 6.92 Å². The van der Waals surface area contributed by atoms with Crippen LogP contribution in [0.2, 0.25) is 0 Å². The van der Waals surface area contributed by atoms with E-state index < -0.39 is 0 Å². The summed E-state index contributed by atoms with van der Waals surface area (Å²) in [7, 11) is 0. The molecule has 2 N–H and O–H groups in total. The monoisotopic (exact) mass is 272 g/mol. The SMILES string of the molecule is CCOC(=O)CCCNC(=O)CN1CCCC1CO. The average molecular weight is 272 g/mol. The lowest BCUT2D eigenvalue weighted by Crippen LogP contribution is -2.41. The molecule has 1 heterocycles. The lowest BCUT2D eigenvalue weighted by molar-refractivity contribution is -0.143. The first kappa shape index (κ1) is 15.9. The topological polar surface area (TPSA) is 78.9 Å². The van der Waals surface area contributed by atoms with Crippen molar-refractivity contribution < 1.29 is 19.4 Å². The fourth-order valence-corrected chi connectivity index (χ4v) is 2.24. The Hall–Kier alpha value is -1.14. The van der Waals surface area contributed by atoms with Crippen molar-refractivity contribution in [3.63, 3.8) is 0 Å². The predicted octanol–water partition coefficient (Wildman–Crippen LogP) is -0.0974. The van der Waals surface area contributed by atoms with Crippen LogP contribution in [0, 0.1) is 0 Å². The number of carbonyl (C=O) groups excluding carboxylic acids is 2. The van der Waals surface area contributed by atoms with Gasteiger partial charge in [0.05, 0.1) is 19.8 Å². The summed E-state index contributed by atoms with van der Waals surface area (Å²) in [5.41, 5.74) is 0. The van der Waals surface area contributed by atoms with Gasteiger partial charge in [-0.2, -0.15) is 0 Å². The summed E-state index contributed by atoms with van der Waals surface area (Å²) < 4.78 is 4.80. The molecule has 1 atom stereocenters. The summed E-state index contributed by atoms with van der Waals surface area (Å²) in [5.74, 6) is -0.277. The molecule has 110 valence electrons. The number of hydrogen-bond donors (Lipinski definition) is 2. The van der Waals surface area contributed by atoms with Crippen molar-refractivity contribution in [2.45, 2.75) is 38.6 Å². The number of aliphatic hydroxyl groups excluding tert-OH is 1. The number of aliphatic hydroxyl groups is 1. The molecule has 0 aromatic heterocycles. The fourth-order valence-electron chi connectivity index (χ4n) is 2.24. The molecule has 0 aromatic rings. The van der Waals surface area contributed by atoms with E-state index in [2.05, 4.69) is 5.32 Å². The van der Waals surface area contributed by atoms with E-state index in [4.69, 9.17) is 9.84 Å². The third-order valence-corrected chi connectivity index (χ3v) is 3.24. The Morgan fingerprint density at radius 3 is 2.95 bits per heavy atom. The first-order valence-electron chi connectivity index (χ1n) is 6.94. The molecular weight excluding hydrogens is 248 g/mol. The van der Waals surface area contributed by atoms with Gasteiger partial charge in [-0.25, -0.2) is 0 Å². The third-order valence-electron chi connectivity index (χ3n) is 3.24. The maximum atomic E-state index is 11.7. The lowest BCUT2D eigenvalue weighted by atomic mass is 10.2. The van der Waals surface area contributed by atoms with Crippen LogP contribution in [0.3, 0.4) is 0 Å². The second kappa shape index (κ2) is 8.87. The van der Waals surface area contributed by atoms with Crippen molar-refractivity contribution in [3.05, 3.63) is 0 Å². The summed E-state index contributed by atoms with van der Waals surface area (Å²) in [5, 5.41) is 11.9. The minimum Gasteiger partial charge on any atom is -0.466 e. The first-order valence-corrected chi connectivity index (χ1v) is 6.94. The molecule has 0 aromatic carbocycles. The molecule has 6 heteroatoms. The molecule has 1 aliphatic heterocycles. The quantitative estimate of drug-likeness (QED) is 0.476. The highest BCUT2D eigenvalue weighted by molar-refractivity contribution is 5.78. The van der Waals surface area contributed by atoms with E-state index in [1.165, 1.54) is 0 Å². The van der Waals surface area contributed by atoms with E-state index in [9.17, 15) is 9.59 Å². The number of amides is 1. The van der Waals surface area contributed by atoms with Gasteiger partial charge in [0.1, 0.15) is 0 Å². The highest BCUT2D eigenvalue weighted by Gasteiger charge is 2.25. The normalized spacial score (nSPS) is 19.4. The number of esters is 1. The van der Waals surface area contributed by atoms with Crippen LogP contribution in [-0.4, -0.2) is 60.8 Å². The zero-order valence-corrected chi connectivity index (χ0v) is 11.6. The Balaban J connectivity index is 2.09. The smallest absolute Gasteiger partial charge is 0.305 e. The predicted molar refractivity (Wildman–Crippen MR) is 70.6 cm³/mol. The van der Waals surface area contributed by atoms with E-state index in [1.807, 2.05) is 4.90 Å². The maximum Gasteiger partial charge on any atom is 0.305 e. The average Bonchev–Trinajstić information content (AvgIpc) is 2.82. The van der Waals surface area contributed by atoms with Gasteiger partial charge in [0, 0.05) is 19.0 Å². The Labute approximate surface area is 114 Å². The number of nitrogens with zero attached hydrogens (tertiary/aromatic N) is 1. The summed E-state index contributed by atoms with van der Waals surface area (Å²) >= 11 is 0. The minimum absolute atomic E-state index is 0.0517. The van der Waals surface area contributed by atoms with E-state index in [-0.39, 0.29) is 24.5 Å². The van der Waals surface area contributed by atoms with Crippen LogP contribution in [0.1, 0.15) is 32.6 Å². The van der Waals surface area contributed by atoms with Gasteiger partial charge in [-0.05, 0) is 32.7 Å². The standard InChI is InChI=1S/C13H24N2O4/c1-2-19-13(18)6-3-7-14-12(17)9-15-8-4-5-11(15)10-16/h11,16H,2-10H2,1H3,(H,14,17). The van der Waals surface area contributed by atoms with Gasteiger partial charge in [-0.1, -0.05) is 0 Å². The van der Waals surface area contributed by atoms with E-state index in [0.29, 0.717) is 32.5 Å². The van der Waals surface area contributed by atoms with Gasteiger partial charge in [0.2, 0.25) is 5.91 Å². The molecular formula is C13H24N2O4. The largest absolute Gasteiger partial charge is 0.466 e.